The Hall–Kier alpha value is -1.29. The lowest BCUT2D eigenvalue weighted by atomic mass is 9.88. The highest BCUT2D eigenvalue weighted by Gasteiger charge is 2.41. The number of rotatable bonds is 3. The molecule has 0 saturated carbocycles. The number of hydrogen-bond donors (Lipinski definition) is 1. The second-order valence-corrected chi connectivity index (χ2v) is 4.59. The highest BCUT2D eigenvalue weighted by Crippen LogP contribution is 2.29. The van der Waals surface area contributed by atoms with Gasteiger partial charge in [0.25, 0.3) is 0 Å². The van der Waals surface area contributed by atoms with Crippen molar-refractivity contribution in [3.05, 3.63) is 24.2 Å². The van der Waals surface area contributed by atoms with Crippen LogP contribution in [0, 0.1) is 0 Å². The van der Waals surface area contributed by atoms with Crippen LogP contribution in [0.15, 0.2) is 23.0 Å². The Morgan fingerprint density at radius 3 is 3.06 bits per heavy atom. The summed E-state index contributed by atoms with van der Waals surface area (Å²) in [4.78, 5) is 13.4. The zero-order chi connectivity index (χ0) is 11.6. The third-order valence-electron chi connectivity index (χ3n) is 3.45. The van der Waals surface area contributed by atoms with Gasteiger partial charge < -0.3 is 9.52 Å². The van der Waals surface area contributed by atoms with Gasteiger partial charge in [-0.25, -0.2) is 0 Å². The number of likely N-dealkylation sites (tertiary alicyclic amines) is 1. The van der Waals surface area contributed by atoms with E-state index < -0.39 is 11.5 Å². The molecule has 1 saturated heterocycles. The van der Waals surface area contributed by atoms with Crippen molar-refractivity contribution in [2.45, 2.75) is 38.3 Å². The van der Waals surface area contributed by atoms with Crippen molar-refractivity contribution in [1.82, 2.24) is 4.90 Å². The van der Waals surface area contributed by atoms with Gasteiger partial charge in [0.2, 0.25) is 0 Å². The maximum atomic E-state index is 11.3. The van der Waals surface area contributed by atoms with Crippen LogP contribution in [0.3, 0.4) is 0 Å². The molecule has 2 rings (SSSR count). The van der Waals surface area contributed by atoms with E-state index in [0.717, 1.165) is 31.4 Å². The van der Waals surface area contributed by atoms with Gasteiger partial charge in [0.1, 0.15) is 5.54 Å². The molecular formula is C12H17NO3. The lowest BCUT2D eigenvalue weighted by molar-refractivity contribution is -0.153. The standard InChI is InChI=1S/C12H17NO3/c1-12(11(14)15)5-2-3-6-13(12)8-10-4-7-16-9-10/h4,7,9H,2-3,5-6,8H2,1H3,(H,14,15). The number of carboxylic acid groups (broad SMARTS) is 1. The molecule has 0 aromatic carbocycles. The lowest BCUT2D eigenvalue weighted by Gasteiger charge is -2.41. The molecule has 0 radical (unpaired) electrons. The van der Waals surface area contributed by atoms with E-state index in [1.165, 1.54) is 0 Å². The highest BCUT2D eigenvalue weighted by molar-refractivity contribution is 5.78. The van der Waals surface area contributed by atoms with E-state index in [1.54, 1.807) is 12.5 Å². The molecule has 16 heavy (non-hydrogen) atoms. The van der Waals surface area contributed by atoms with E-state index in [9.17, 15) is 9.90 Å². The third-order valence-corrected chi connectivity index (χ3v) is 3.45. The molecule has 0 bridgehead atoms. The number of aliphatic carboxylic acids is 1. The number of hydrogen-bond acceptors (Lipinski definition) is 3. The average Bonchev–Trinajstić information content (AvgIpc) is 2.74. The van der Waals surface area contributed by atoms with Crippen molar-refractivity contribution < 1.29 is 14.3 Å². The van der Waals surface area contributed by atoms with Crippen molar-refractivity contribution in [2.24, 2.45) is 0 Å². The Balaban J connectivity index is 2.14. The summed E-state index contributed by atoms with van der Waals surface area (Å²) in [6.45, 7) is 3.31. The molecule has 1 aromatic rings. The van der Waals surface area contributed by atoms with Gasteiger partial charge >= 0.3 is 5.97 Å². The first-order valence-electron chi connectivity index (χ1n) is 5.62. The molecule has 1 aromatic heterocycles. The molecule has 1 atom stereocenters. The van der Waals surface area contributed by atoms with Crippen LogP contribution in [-0.2, 0) is 11.3 Å². The SMILES string of the molecule is CC1(C(=O)O)CCCCN1Cc1ccoc1. The summed E-state index contributed by atoms with van der Waals surface area (Å²) in [6, 6.07) is 1.89. The van der Waals surface area contributed by atoms with Gasteiger partial charge in [0, 0.05) is 12.1 Å². The van der Waals surface area contributed by atoms with Crippen LogP contribution < -0.4 is 0 Å². The van der Waals surface area contributed by atoms with E-state index in [1.807, 2.05) is 17.9 Å². The quantitative estimate of drug-likeness (QED) is 0.852. The topological polar surface area (TPSA) is 53.7 Å². The molecule has 0 spiro atoms. The normalized spacial score (nSPS) is 26.8. The fourth-order valence-corrected chi connectivity index (χ4v) is 2.28. The van der Waals surface area contributed by atoms with Gasteiger partial charge in [-0.2, -0.15) is 0 Å². The molecular weight excluding hydrogens is 206 g/mol. The summed E-state index contributed by atoms with van der Waals surface area (Å²) < 4.78 is 5.01. The van der Waals surface area contributed by atoms with E-state index in [2.05, 4.69) is 0 Å². The summed E-state index contributed by atoms with van der Waals surface area (Å²) in [7, 11) is 0. The Morgan fingerprint density at radius 1 is 1.62 bits per heavy atom. The van der Waals surface area contributed by atoms with Crippen molar-refractivity contribution in [2.75, 3.05) is 6.54 Å². The molecule has 1 unspecified atom stereocenters. The van der Waals surface area contributed by atoms with E-state index in [0.29, 0.717) is 6.54 Å². The average molecular weight is 223 g/mol. The van der Waals surface area contributed by atoms with Gasteiger partial charge in [-0.05, 0) is 38.8 Å². The van der Waals surface area contributed by atoms with Crippen LogP contribution in [0.5, 0.6) is 0 Å². The third kappa shape index (κ3) is 1.97. The molecule has 4 heteroatoms. The van der Waals surface area contributed by atoms with Crippen LogP contribution in [0.25, 0.3) is 0 Å². The lowest BCUT2D eigenvalue weighted by Crippen LogP contribution is -2.54. The Kier molecular flexibility index (Phi) is 3.01. The second kappa shape index (κ2) is 4.29. The van der Waals surface area contributed by atoms with Gasteiger partial charge in [0.15, 0.2) is 0 Å². The molecule has 0 amide bonds. The van der Waals surface area contributed by atoms with Gasteiger partial charge in [-0.15, -0.1) is 0 Å². The van der Waals surface area contributed by atoms with Gasteiger partial charge in [-0.1, -0.05) is 0 Å². The summed E-state index contributed by atoms with van der Waals surface area (Å²) in [5, 5.41) is 9.33. The minimum Gasteiger partial charge on any atom is -0.480 e. The van der Waals surface area contributed by atoms with E-state index in [4.69, 9.17) is 4.42 Å². The summed E-state index contributed by atoms with van der Waals surface area (Å²) in [6.07, 6.45) is 6.08. The van der Waals surface area contributed by atoms with Crippen LogP contribution in [0.4, 0.5) is 0 Å². The van der Waals surface area contributed by atoms with E-state index in [-0.39, 0.29) is 0 Å². The highest BCUT2D eigenvalue weighted by atomic mass is 16.4. The first-order chi connectivity index (χ1) is 7.63. The zero-order valence-electron chi connectivity index (χ0n) is 9.48. The molecule has 2 heterocycles. The Morgan fingerprint density at radius 2 is 2.44 bits per heavy atom. The van der Waals surface area contributed by atoms with Crippen molar-refractivity contribution in [3.8, 4) is 0 Å². The molecule has 4 nitrogen and oxygen atoms in total. The van der Waals surface area contributed by atoms with Crippen molar-refractivity contribution in [3.63, 3.8) is 0 Å². The molecule has 1 N–H and O–H groups in total. The van der Waals surface area contributed by atoms with Crippen LogP contribution in [-0.4, -0.2) is 28.1 Å². The molecule has 1 aliphatic heterocycles. The van der Waals surface area contributed by atoms with Crippen LogP contribution in [0.1, 0.15) is 31.7 Å². The van der Waals surface area contributed by atoms with Crippen LogP contribution in [0.2, 0.25) is 0 Å². The number of carbonyl (C=O) groups is 1. The number of furan rings is 1. The summed E-state index contributed by atoms with van der Waals surface area (Å²) in [5.41, 5.74) is 0.310. The number of carboxylic acids is 1. The Bertz CT molecular complexity index is 360. The first kappa shape index (κ1) is 11.2. The molecule has 88 valence electrons. The molecule has 0 aliphatic carbocycles. The largest absolute Gasteiger partial charge is 0.480 e. The smallest absolute Gasteiger partial charge is 0.323 e. The minimum atomic E-state index is -0.727. The minimum absolute atomic E-state index is 0.652. The predicted octanol–water partition coefficient (Wildman–Crippen LogP) is 2.11. The Labute approximate surface area is 94.9 Å². The van der Waals surface area contributed by atoms with Crippen molar-refractivity contribution >= 4 is 5.97 Å². The van der Waals surface area contributed by atoms with Crippen LogP contribution >= 0.6 is 0 Å². The summed E-state index contributed by atoms with van der Waals surface area (Å²) >= 11 is 0. The number of piperidine rings is 1. The fourth-order valence-electron chi connectivity index (χ4n) is 2.28. The monoisotopic (exact) mass is 223 g/mol. The predicted molar refractivity (Wildman–Crippen MR) is 59.0 cm³/mol. The maximum Gasteiger partial charge on any atom is 0.323 e. The first-order valence-corrected chi connectivity index (χ1v) is 5.62. The second-order valence-electron chi connectivity index (χ2n) is 4.59. The van der Waals surface area contributed by atoms with Crippen molar-refractivity contribution in [1.29, 1.82) is 0 Å². The fraction of sp³-hybridized carbons (Fsp3) is 0.583. The van der Waals surface area contributed by atoms with Gasteiger partial charge in [0.05, 0.1) is 12.5 Å². The number of nitrogens with zero attached hydrogens (tertiary/aromatic N) is 1. The zero-order valence-corrected chi connectivity index (χ0v) is 9.48. The molecule has 1 aliphatic rings. The van der Waals surface area contributed by atoms with Gasteiger partial charge in [-0.3, -0.25) is 9.69 Å². The summed E-state index contributed by atoms with van der Waals surface area (Å²) in [5.74, 6) is -0.726. The maximum absolute atomic E-state index is 11.3. The molecule has 1 fully saturated rings. The van der Waals surface area contributed by atoms with E-state index >= 15 is 0 Å².